The number of halogens is 2. The van der Waals surface area contributed by atoms with Crippen LogP contribution in [-0.4, -0.2) is 48.9 Å². The number of nitrogens with zero attached hydrogens (tertiary/aromatic N) is 1. The van der Waals surface area contributed by atoms with E-state index in [9.17, 15) is 18.4 Å². The van der Waals surface area contributed by atoms with Crippen LogP contribution in [0, 0.1) is 0 Å². The molecule has 3 N–H and O–H groups in total. The number of benzene rings is 1. The zero-order valence-corrected chi connectivity index (χ0v) is 13.9. The Morgan fingerprint density at radius 1 is 1.50 bits per heavy atom. The molecule has 0 spiro atoms. The number of fused-ring (bicyclic) bond motifs is 1. The van der Waals surface area contributed by atoms with Gasteiger partial charge in [-0.3, -0.25) is 9.59 Å². The molecule has 26 heavy (non-hydrogen) atoms. The molecule has 2 heterocycles. The first kappa shape index (κ1) is 17.8. The van der Waals surface area contributed by atoms with Gasteiger partial charge in [0.1, 0.15) is 19.0 Å². The molecule has 9 heteroatoms. The molecule has 1 saturated heterocycles. The van der Waals surface area contributed by atoms with Crippen LogP contribution in [0.2, 0.25) is 0 Å². The summed E-state index contributed by atoms with van der Waals surface area (Å²) in [4.78, 5) is 27.1. The SMILES string of the molecule is COc1cc2c(OCC3C[C@@](F)(CF)C(=O)N3)nccc2cc1C(N)=O. The number of carbonyl (C=O) groups excluding carboxylic acids is 2. The fourth-order valence-corrected chi connectivity index (χ4v) is 2.90. The first-order valence-electron chi connectivity index (χ1n) is 7.83. The van der Waals surface area contributed by atoms with Crippen molar-refractivity contribution in [2.24, 2.45) is 5.73 Å². The second-order valence-electron chi connectivity index (χ2n) is 6.04. The summed E-state index contributed by atoms with van der Waals surface area (Å²) in [5.41, 5.74) is 3.04. The minimum Gasteiger partial charge on any atom is -0.496 e. The van der Waals surface area contributed by atoms with Gasteiger partial charge < -0.3 is 20.5 Å². The summed E-state index contributed by atoms with van der Waals surface area (Å²) in [6, 6.07) is 4.11. The molecule has 0 radical (unpaired) electrons. The van der Waals surface area contributed by atoms with Gasteiger partial charge in [-0.1, -0.05) is 0 Å². The number of nitrogens with one attached hydrogen (secondary N) is 1. The van der Waals surface area contributed by atoms with Crippen LogP contribution >= 0.6 is 0 Å². The summed E-state index contributed by atoms with van der Waals surface area (Å²) < 4.78 is 37.5. The Morgan fingerprint density at radius 2 is 2.27 bits per heavy atom. The van der Waals surface area contributed by atoms with E-state index in [2.05, 4.69) is 10.3 Å². The molecule has 1 unspecified atom stereocenters. The predicted octanol–water partition coefficient (Wildman–Crippen LogP) is 1.29. The highest BCUT2D eigenvalue weighted by molar-refractivity contribution is 6.01. The second kappa shape index (κ2) is 6.74. The van der Waals surface area contributed by atoms with Crippen LogP contribution in [0.4, 0.5) is 8.78 Å². The number of ether oxygens (including phenoxy) is 2. The van der Waals surface area contributed by atoms with Crippen molar-refractivity contribution < 1.29 is 27.8 Å². The minimum absolute atomic E-state index is 0.0800. The maximum absolute atomic E-state index is 14.0. The molecule has 0 saturated carbocycles. The van der Waals surface area contributed by atoms with Crippen molar-refractivity contribution in [1.82, 2.24) is 10.3 Å². The van der Waals surface area contributed by atoms with Crippen LogP contribution in [0.15, 0.2) is 24.4 Å². The summed E-state index contributed by atoms with van der Waals surface area (Å²) in [7, 11) is 1.40. The van der Waals surface area contributed by atoms with E-state index in [1.54, 1.807) is 18.2 Å². The van der Waals surface area contributed by atoms with Gasteiger partial charge in [0, 0.05) is 18.0 Å². The van der Waals surface area contributed by atoms with Crippen LogP contribution in [0.1, 0.15) is 16.8 Å². The smallest absolute Gasteiger partial charge is 0.260 e. The molecular formula is C17H17F2N3O4. The molecule has 0 aliphatic carbocycles. The lowest BCUT2D eigenvalue weighted by molar-refractivity contribution is -0.130. The zero-order chi connectivity index (χ0) is 18.9. The topological polar surface area (TPSA) is 104 Å². The van der Waals surface area contributed by atoms with Crippen molar-refractivity contribution in [1.29, 1.82) is 0 Å². The van der Waals surface area contributed by atoms with Crippen molar-refractivity contribution in [3.05, 3.63) is 30.0 Å². The van der Waals surface area contributed by atoms with Crippen molar-refractivity contribution in [3.8, 4) is 11.6 Å². The standard InChI is InChI=1S/C17H17F2N3O4/c1-25-13-5-11-9(4-12(13)14(20)23)2-3-21-15(11)26-7-10-6-17(19,8-18)16(24)22-10/h2-5,10H,6-8H2,1H3,(H2,20,23)(H,22,24)/t10?,17-/m1/s1. The second-order valence-corrected chi connectivity index (χ2v) is 6.04. The lowest BCUT2D eigenvalue weighted by atomic mass is 10.0. The normalized spacial score (nSPS) is 22.3. The third-order valence-electron chi connectivity index (χ3n) is 4.26. The van der Waals surface area contributed by atoms with Crippen LogP contribution in [-0.2, 0) is 4.79 Å². The lowest BCUT2D eigenvalue weighted by Crippen LogP contribution is -2.36. The Hall–Kier alpha value is -2.97. The monoisotopic (exact) mass is 365 g/mol. The molecule has 2 amide bonds. The Balaban J connectivity index is 1.85. The number of nitrogens with two attached hydrogens (primary N) is 1. The molecule has 1 aliphatic heterocycles. The summed E-state index contributed by atoms with van der Waals surface area (Å²) in [5.74, 6) is -1.14. The largest absolute Gasteiger partial charge is 0.496 e. The fraction of sp³-hybridized carbons (Fsp3) is 0.353. The van der Waals surface area contributed by atoms with Crippen molar-refractivity contribution in [2.45, 2.75) is 18.1 Å². The quantitative estimate of drug-likeness (QED) is 0.803. The molecule has 1 aromatic carbocycles. The van der Waals surface area contributed by atoms with Gasteiger partial charge in [0.05, 0.1) is 18.7 Å². The Morgan fingerprint density at radius 3 is 2.88 bits per heavy atom. The first-order valence-corrected chi connectivity index (χ1v) is 7.83. The zero-order valence-electron chi connectivity index (χ0n) is 13.9. The molecule has 3 rings (SSSR count). The minimum atomic E-state index is -2.51. The van der Waals surface area contributed by atoms with E-state index in [0.29, 0.717) is 10.8 Å². The molecule has 1 fully saturated rings. The number of rotatable bonds is 6. The van der Waals surface area contributed by atoms with Crippen molar-refractivity contribution >= 4 is 22.6 Å². The van der Waals surface area contributed by atoms with Gasteiger partial charge in [-0.15, -0.1) is 0 Å². The number of methoxy groups -OCH3 is 1. The number of alkyl halides is 2. The summed E-state index contributed by atoms with van der Waals surface area (Å²) in [5, 5.41) is 3.56. The Bertz CT molecular complexity index is 876. The predicted molar refractivity (Wildman–Crippen MR) is 88.7 cm³/mol. The molecule has 2 aromatic rings. The number of hydrogen-bond acceptors (Lipinski definition) is 5. The highest BCUT2D eigenvalue weighted by Gasteiger charge is 2.48. The summed E-state index contributed by atoms with van der Waals surface area (Å²) >= 11 is 0. The molecule has 1 aliphatic rings. The average Bonchev–Trinajstić information content (AvgIpc) is 2.93. The number of hydrogen-bond donors (Lipinski definition) is 2. The van der Waals surface area contributed by atoms with Gasteiger partial charge in [-0.2, -0.15) is 0 Å². The summed E-state index contributed by atoms with van der Waals surface area (Å²) in [6.45, 7) is -1.46. The van der Waals surface area contributed by atoms with E-state index in [1.165, 1.54) is 13.3 Å². The van der Waals surface area contributed by atoms with E-state index >= 15 is 0 Å². The average molecular weight is 365 g/mol. The highest BCUT2D eigenvalue weighted by atomic mass is 19.2. The van der Waals surface area contributed by atoms with E-state index in [1.807, 2.05) is 0 Å². The number of amides is 2. The number of aromatic nitrogens is 1. The van der Waals surface area contributed by atoms with Crippen molar-refractivity contribution in [2.75, 3.05) is 20.4 Å². The molecule has 7 nitrogen and oxygen atoms in total. The maximum atomic E-state index is 14.0. The van der Waals surface area contributed by atoms with E-state index in [-0.39, 0.29) is 30.2 Å². The molecule has 1 aromatic heterocycles. The van der Waals surface area contributed by atoms with Crippen LogP contribution in [0.3, 0.4) is 0 Å². The van der Waals surface area contributed by atoms with E-state index in [4.69, 9.17) is 15.2 Å². The van der Waals surface area contributed by atoms with Gasteiger partial charge in [-0.25, -0.2) is 13.8 Å². The van der Waals surface area contributed by atoms with Crippen molar-refractivity contribution in [3.63, 3.8) is 0 Å². The lowest BCUT2D eigenvalue weighted by Gasteiger charge is -2.14. The number of carbonyl (C=O) groups is 2. The van der Waals surface area contributed by atoms with Crippen LogP contribution in [0.25, 0.3) is 10.8 Å². The van der Waals surface area contributed by atoms with Gasteiger partial charge in [0.2, 0.25) is 11.5 Å². The Labute approximate surface area is 147 Å². The van der Waals surface area contributed by atoms with Gasteiger partial charge in [0.25, 0.3) is 11.8 Å². The Kier molecular flexibility index (Phi) is 4.62. The highest BCUT2D eigenvalue weighted by Crippen LogP contribution is 2.31. The molecule has 138 valence electrons. The van der Waals surface area contributed by atoms with E-state index < -0.39 is 30.2 Å². The van der Waals surface area contributed by atoms with Crippen LogP contribution in [0.5, 0.6) is 11.6 Å². The fourth-order valence-electron chi connectivity index (χ4n) is 2.90. The third-order valence-corrected chi connectivity index (χ3v) is 4.26. The molecule has 0 bridgehead atoms. The first-order chi connectivity index (χ1) is 12.4. The maximum Gasteiger partial charge on any atom is 0.260 e. The van der Waals surface area contributed by atoms with Crippen LogP contribution < -0.4 is 20.5 Å². The van der Waals surface area contributed by atoms with Gasteiger partial charge in [0.15, 0.2) is 0 Å². The third kappa shape index (κ3) is 3.12. The molecular weight excluding hydrogens is 348 g/mol. The van der Waals surface area contributed by atoms with E-state index in [0.717, 1.165) is 0 Å². The number of primary amides is 1. The number of pyridine rings is 1. The summed E-state index contributed by atoms with van der Waals surface area (Å²) in [6.07, 6.45) is 1.16. The molecule has 2 atom stereocenters. The van der Waals surface area contributed by atoms with Gasteiger partial charge >= 0.3 is 0 Å². The van der Waals surface area contributed by atoms with Gasteiger partial charge in [-0.05, 0) is 23.6 Å².